The van der Waals surface area contributed by atoms with Gasteiger partial charge in [0.05, 0.1) is 0 Å². The van der Waals surface area contributed by atoms with Gasteiger partial charge in [-0.1, -0.05) is 22.9 Å². The molecule has 0 saturated heterocycles. The van der Waals surface area contributed by atoms with Gasteiger partial charge in [0, 0.05) is 27.4 Å². The topological polar surface area (TPSA) is 85.1 Å². The summed E-state index contributed by atoms with van der Waals surface area (Å²) >= 11 is 1.53. The average molecular weight is 361 g/mol. The minimum atomic E-state index is -1.42. The largest absolute Gasteiger partial charge is 0.338 e. The Morgan fingerprint density at radius 1 is 1.29 bits per heavy atom. The molecular formula is C16H15N3O3S2. The fraction of sp³-hybridized carbons (Fsp3) is 0.188. The molecule has 1 unspecified atom stereocenters. The second kappa shape index (κ2) is 7.50. The highest BCUT2D eigenvalue weighted by molar-refractivity contribution is 7.84. The number of hydrogen-bond donors (Lipinski definition) is 1. The zero-order valence-corrected chi connectivity index (χ0v) is 14.5. The van der Waals surface area contributed by atoms with Gasteiger partial charge in [0.2, 0.25) is 17.6 Å². The van der Waals surface area contributed by atoms with Crippen LogP contribution in [0.1, 0.15) is 11.5 Å². The molecule has 3 aromatic rings. The number of nitrogens with zero attached hydrogens (tertiary/aromatic N) is 2. The Balaban J connectivity index is 1.53. The minimum Gasteiger partial charge on any atom is -0.338 e. The van der Waals surface area contributed by atoms with E-state index in [9.17, 15) is 9.00 Å². The van der Waals surface area contributed by atoms with Crippen molar-refractivity contribution in [3.8, 4) is 11.4 Å². The number of carbonyl (C=O) groups is 1. The Kier molecular flexibility index (Phi) is 5.17. The highest BCUT2D eigenvalue weighted by Crippen LogP contribution is 2.19. The van der Waals surface area contributed by atoms with E-state index in [1.165, 1.54) is 11.3 Å². The summed E-state index contributed by atoms with van der Waals surface area (Å²) in [5.41, 5.74) is 2.65. The van der Waals surface area contributed by atoms with Crippen molar-refractivity contribution in [2.75, 3.05) is 11.1 Å². The van der Waals surface area contributed by atoms with E-state index in [4.69, 9.17) is 4.52 Å². The van der Waals surface area contributed by atoms with Crippen LogP contribution in [0.25, 0.3) is 11.4 Å². The average Bonchev–Trinajstić information content (AvgIpc) is 3.20. The van der Waals surface area contributed by atoms with Gasteiger partial charge in [-0.25, -0.2) is 0 Å². The van der Waals surface area contributed by atoms with Crippen LogP contribution in [-0.4, -0.2) is 26.0 Å². The Morgan fingerprint density at radius 3 is 2.79 bits per heavy atom. The maximum absolute atomic E-state index is 12.1. The number of carbonyl (C=O) groups excluding carboxylic acids is 1. The normalized spacial score (nSPS) is 12.0. The van der Waals surface area contributed by atoms with Gasteiger partial charge in [0.25, 0.3) is 0 Å². The molecule has 0 aliphatic rings. The van der Waals surface area contributed by atoms with E-state index in [2.05, 4.69) is 15.5 Å². The first-order chi connectivity index (χ1) is 11.6. The molecule has 124 valence electrons. The highest BCUT2D eigenvalue weighted by atomic mass is 32.2. The first kappa shape index (κ1) is 16.5. The van der Waals surface area contributed by atoms with E-state index in [1.807, 2.05) is 35.9 Å². The van der Waals surface area contributed by atoms with Gasteiger partial charge in [-0.15, -0.1) is 0 Å². The van der Waals surface area contributed by atoms with Gasteiger partial charge in [-0.05, 0) is 30.5 Å². The quantitative estimate of drug-likeness (QED) is 0.729. The standard InChI is InChI=1S/C16H15N3O3S2/c1-11-2-4-13(5-3-11)17-14(20)9-24(21)10-15-18-16(19-22-15)12-6-7-23-8-12/h2-8H,9-10H2,1H3,(H,17,20). The molecule has 3 rings (SSSR count). The van der Waals surface area contributed by atoms with Crippen LogP contribution in [0.15, 0.2) is 45.6 Å². The third-order valence-corrected chi connectivity index (χ3v) is 5.00. The molecule has 0 radical (unpaired) electrons. The molecule has 24 heavy (non-hydrogen) atoms. The molecule has 2 heterocycles. The molecule has 6 nitrogen and oxygen atoms in total. The van der Waals surface area contributed by atoms with Gasteiger partial charge < -0.3 is 9.84 Å². The monoisotopic (exact) mass is 361 g/mol. The number of rotatable bonds is 6. The second-order valence-corrected chi connectivity index (χ2v) is 7.40. The summed E-state index contributed by atoms with van der Waals surface area (Å²) in [5, 5.41) is 10.4. The zero-order chi connectivity index (χ0) is 16.9. The summed E-state index contributed by atoms with van der Waals surface area (Å²) in [7, 11) is -1.42. The predicted molar refractivity (Wildman–Crippen MR) is 94.1 cm³/mol. The number of aryl methyl sites for hydroxylation is 1. The van der Waals surface area contributed by atoms with Crippen molar-refractivity contribution in [2.45, 2.75) is 12.7 Å². The Morgan fingerprint density at radius 2 is 2.08 bits per heavy atom. The predicted octanol–water partition coefficient (Wildman–Crippen LogP) is 2.99. The van der Waals surface area contributed by atoms with E-state index >= 15 is 0 Å². The van der Waals surface area contributed by atoms with Crippen LogP contribution in [0, 0.1) is 6.92 Å². The summed E-state index contributed by atoms with van der Waals surface area (Å²) in [6, 6.07) is 9.29. The summed E-state index contributed by atoms with van der Waals surface area (Å²) in [6.07, 6.45) is 0. The minimum absolute atomic E-state index is 0.0540. The van der Waals surface area contributed by atoms with E-state index in [-0.39, 0.29) is 23.3 Å². The number of aromatic nitrogens is 2. The maximum atomic E-state index is 12.1. The van der Waals surface area contributed by atoms with Gasteiger partial charge in [0.15, 0.2) is 0 Å². The first-order valence-corrected chi connectivity index (χ1v) is 9.60. The lowest BCUT2D eigenvalue weighted by Crippen LogP contribution is -2.20. The van der Waals surface area contributed by atoms with E-state index in [0.717, 1.165) is 11.1 Å². The molecule has 0 saturated carbocycles. The van der Waals surface area contributed by atoms with Gasteiger partial charge >= 0.3 is 0 Å². The van der Waals surface area contributed by atoms with E-state index < -0.39 is 10.8 Å². The lowest BCUT2D eigenvalue weighted by molar-refractivity contribution is -0.113. The zero-order valence-electron chi connectivity index (χ0n) is 12.9. The number of thiophene rings is 1. The molecule has 8 heteroatoms. The molecule has 1 atom stereocenters. The van der Waals surface area contributed by atoms with Crippen LogP contribution in [0.3, 0.4) is 0 Å². The molecule has 0 spiro atoms. The van der Waals surface area contributed by atoms with Crippen LogP contribution in [0.4, 0.5) is 5.69 Å². The molecule has 0 aliphatic carbocycles. The summed E-state index contributed by atoms with van der Waals surface area (Å²) < 4.78 is 17.2. The van der Waals surface area contributed by atoms with Crippen molar-refractivity contribution in [3.05, 3.63) is 52.5 Å². The van der Waals surface area contributed by atoms with Crippen molar-refractivity contribution < 1.29 is 13.5 Å². The van der Waals surface area contributed by atoms with Crippen LogP contribution < -0.4 is 5.32 Å². The third-order valence-electron chi connectivity index (χ3n) is 3.16. The maximum Gasteiger partial charge on any atom is 0.239 e. The lowest BCUT2D eigenvalue weighted by atomic mass is 10.2. The number of benzene rings is 1. The van der Waals surface area contributed by atoms with Crippen LogP contribution >= 0.6 is 11.3 Å². The number of hydrogen-bond acceptors (Lipinski definition) is 6. The summed E-state index contributed by atoms with van der Waals surface area (Å²) in [6.45, 7) is 1.97. The first-order valence-electron chi connectivity index (χ1n) is 7.17. The highest BCUT2D eigenvalue weighted by Gasteiger charge is 2.14. The Labute approximate surface area is 145 Å². The molecule has 1 amide bonds. The molecule has 1 aromatic carbocycles. The van der Waals surface area contributed by atoms with E-state index in [0.29, 0.717) is 11.5 Å². The van der Waals surface area contributed by atoms with Crippen molar-refractivity contribution in [2.24, 2.45) is 0 Å². The van der Waals surface area contributed by atoms with Gasteiger partial charge in [0.1, 0.15) is 11.5 Å². The van der Waals surface area contributed by atoms with Crippen LogP contribution in [0.5, 0.6) is 0 Å². The van der Waals surface area contributed by atoms with Gasteiger partial charge in [-0.3, -0.25) is 9.00 Å². The van der Waals surface area contributed by atoms with Crippen LogP contribution in [0.2, 0.25) is 0 Å². The molecule has 2 aromatic heterocycles. The van der Waals surface area contributed by atoms with Crippen molar-refractivity contribution >= 4 is 33.7 Å². The van der Waals surface area contributed by atoms with Crippen molar-refractivity contribution in [1.29, 1.82) is 0 Å². The Bertz CT molecular complexity index is 842. The third kappa shape index (κ3) is 4.36. The summed E-state index contributed by atoms with van der Waals surface area (Å²) in [5.74, 6) is 0.349. The Hall–Kier alpha value is -2.32. The fourth-order valence-corrected chi connectivity index (χ4v) is 3.49. The smallest absolute Gasteiger partial charge is 0.239 e. The van der Waals surface area contributed by atoms with E-state index in [1.54, 1.807) is 12.1 Å². The molecule has 0 aliphatic heterocycles. The fourth-order valence-electron chi connectivity index (χ4n) is 1.99. The number of nitrogens with one attached hydrogen (secondary N) is 1. The summed E-state index contributed by atoms with van der Waals surface area (Å²) in [4.78, 5) is 16.1. The molecule has 1 N–H and O–H groups in total. The van der Waals surface area contributed by atoms with Crippen molar-refractivity contribution in [3.63, 3.8) is 0 Å². The lowest BCUT2D eigenvalue weighted by Gasteiger charge is -2.04. The molecule has 0 fully saturated rings. The number of anilines is 1. The van der Waals surface area contributed by atoms with Crippen molar-refractivity contribution in [1.82, 2.24) is 10.1 Å². The second-order valence-electron chi connectivity index (χ2n) is 5.17. The van der Waals surface area contributed by atoms with Crippen LogP contribution in [-0.2, 0) is 21.3 Å². The van der Waals surface area contributed by atoms with Gasteiger partial charge in [-0.2, -0.15) is 16.3 Å². The SMILES string of the molecule is Cc1ccc(NC(=O)CS(=O)Cc2nc(-c3ccsc3)no2)cc1. The number of amides is 1. The molecule has 0 bridgehead atoms. The molecular weight excluding hydrogens is 346 g/mol.